The van der Waals surface area contributed by atoms with Gasteiger partial charge in [-0.2, -0.15) is 9.97 Å². The Bertz CT molecular complexity index is 2070. The van der Waals surface area contributed by atoms with Gasteiger partial charge in [-0.1, -0.05) is 42.3 Å². The lowest BCUT2D eigenvalue weighted by Crippen LogP contribution is -2.62. The zero-order valence-electron chi connectivity index (χ0n) is 26.9. The molecule has 11 heteroatoms. The van der Waals surface area contributed by atoms with Gasteiger partial charge in [-0.15, -0.1) is 6.42 Å². The van der Waals surface area contributed by atoms with Gasteiger partial charge in [0.1, 0.15) is 40.9 Å². The lowest BCUT2D eigenvalue weighted by molar-refractivity contribution is 0.107. The highest BCUT2D eigenvalue weighted by Gasteiger charge is 2.52. The van der Waals surface area contributed by atoms with Crippen molar-refractivity contribution in [1.29, 1.82) is 0 Å². The molecular weight excluding hydrogens is 614 g/mol. The Hall–Kier alpha value is -4.37. The van der Waals surface area contributed by atoms with Crippen molar-refractivity contribution < 1.29 is 23.0 Å². The summed E-state index contributed by atoms with van der Waals surface area (Å²) in [6.07, 6.45) is 9.21. The van der Waals surface area contributed by atoms with Crippen LogP contribution in [-0.4, -0.2) is 89.1 Å². The third kappa shape index (κ3) is 4.22. The highest BCUT2D eigenvalue weighted by Crippen LogP contribution is 2.46. The molecule has 4 saturated heterocycles. The van der Waals surface area contributed by atoms with Gasteiger partial charge >= 0.3 is 6.01 Å². The molecular formula is C37H36F2N6O3. The monoisotopic (exact) mass is 650 g/mol. The van der Waals surface area contributed by atoms with E-state index in [0.717, 1.165) is 44.3 Å². The Balaban J connectivity index is 1.24. The first-order valence-corrected chi connectivity index (χ1v) is 16.7. The molecule has 4 aromatic rings. The number of halogens is 2. The van der Waals surface area contributed by atoms with Crippen LogP contribution in [0.15, 0.2) is 42.5 Å². The van der Waals surface area contributed by atoms with Gasteiger partial charge in [0.05, 0.1) is 23.2 Å². The maximum absolute atomic E-state index is 17.2. The minimum absolute atomic E-state index is 0.0276. The zero-order chi connectivity index (χ0) is 32.9. The van der Waals surface area contributed by atoms with Crippen LogP contribution >= 0.6 is 0 Å². The molecule has 7 heterocycles. The van der Waals surface area contributed by atoms with Crippen LogP contribution < -0.4 is 19.7 Å². The fourth-order valence-electron chi connectivity index (χ4n) is 8.99. The third-order valence-corrected chi connectivity index (χ3v) is 11.3. The number of pyridine rings is 1. The molecule has 0 spiro atoms. The molecule has 4 fully saturated rings. The van der Waals surface area contributed by atoms with Gasteiger partial charge < -0.3 is 24.4 Å². The van der Waals surface area contributed by atoms with E-state index < -0.39 is 17.2 Å². The van der Waals surface area contributed by atoms with Crippen molar-refractivity contribution in [3.63, 3.8) is 0 Å². The Morgan fingerprint density at radius 2 is 2.02 bits per heavy atom. The first-order chi connectivity index (χ1) is 23.3. The number of ether oxygens (including phenoxy) is 3. The fraction of sp³-hybridized carbons (Fsp3) is 0.432. The number of piperazine rings is 1. The zero-order valence-corrected chi connectivity index (χ0v) is 26.9. The van der Waals surface area contributed by atoms with E-state index in [1.54, 1.807) is 25.3 Å². The quantitative estimate of drug-likeness (QED) is 0.237. The van der Waals surface area contributed by atoms with Crippen molar-refractivity contribution >= 4 is 27.5 Å². The van der Waals surface area contributed by atoms with E-state index in [4.69, 9.17) is 35.6 Å². The van der Waals surface area contributed by atoms with Gasteiger partial charge in [0, 0.05) is 56.2 Å². The number of methoxy groups -OCH3 is 1. The van der Waals surface area contributed by atoms with E-state index >= 15 is 8.78 Å². The first-order valence-electron chi connectivity index (χ1n) is 16.7. The smallest absolute Gasteiger partial charge is 0.319 e. The van der Waals surface area contributed by atoms with E-state index in [1.165, 1.54) is 6.07 Å². The van der Waals surface area contributed by atoms with Crippen LogP contribution in [0, 0.1) is 24.0 Å². The van der Waals surface area contributed by atoms with E-state index in [2.05, 4.69) is 27.6 Å². The maximum Gasteiger partial charge on any atom is 0.319 e. The van der Waals surface area contributed by atoms with E-state index in [0.29, 0.717) is 34.1 Å². The first kappa shape index (κ1) is 29.7. The van der Waals surface area contributed by atoms with E-state index in [-0.39, 0.29) is 65.6 Å². The summed E-state index contributed by atoms with van der Waals surface area (Å²) in [6, 6.07) is 8.69. The molecule has 2 bridgehead atoms. The van der Waals surface area contributed by atoms with Crippen LogP contribution in [0.3, 0.4) is 0 Å². The minimum atomic E-state index is -0.680. The number of anilines is 1. The summed E-state index contributed by atoms with van der Waals surface area (Å²) in [5.74, 6) is 1.99. The lowest BCUT2D eigenvalue weighted by atomic mass is 9.90. The molecule has 6 atom stereocenters. The van der Waals surface area contributed by atoms with E-state index in [1.807, 2.05) is 13.0 Å². The van der Waals surface area contributed by atoms with Crippen LogP contribution in [-0.2, 0) is 4.74 Å². The number of hydrogen-bond acceptors (Lipinski definition) is 9. The molecule has 246 valence electrons. The molecule has 48 heavy (non-hydrogen) atoms. The van der Waals surface area contributed by atoms with Gasteiger partial charge in [0.25, 0.3) is 0 Å². The number of hydrogen-bond donors (Lipinski definition) is 1. The number of nitrogens with zero attached hydrogens (tertiary/aromatic N) is 5. The second kappa shape index (κ2) is 10.8. The molecule has 9 nitrogen and oxygen atoms in total. The fourth-order valence-corrected chi connectivity index (χ4v) is 8.99. The van der Waals surface area contributed by atoms with Gasteiger partial charge in [-0.3, -0.25) is 4.90 Å². The number of nitrogens with one attached hydrogen (secondary N) is 1. The standard InChI is InChI=1S/C37H36F2N6O3/c1-5-24-26(38)11-9-21-7-6-8-25(28(21)24)31-30(39)32-29-34(45-16-22-10-12-27(40-22)33(45)20(3)48-35(29)41-31)43-36(42-32)47-18-37-15-23(46-4)17-44(37)14-13-19(37)2/h1,6-9,11,20,22-23,27,33,40H,2,10,12-18H2,3-4H3. The Kier molecular flexibility index (Phi) is 6.71. The molecule has 0 radical (unpaired) electrons. The molecule has 5 aliphatic rings. The summed E-state index contributed by atoms with van der Waals surface area (Å²) in [5.41, 5.74) is 1.08. The van der Waals surface area contributed by atoms with E-state index in [9.17, 15) is 0 Å². The Morgan fingerprint density at radius 3 is 2.85 bits per heavy atom. The number of benzene rings is 2. The minimum Gasteiger partial charge on any atom is -0.472 e. The molecule has 0 saturated carbocycles. The maximum atomic E-state index is 17.2. The predicted molar refractivity (Wildman–Crippen MR) is 178 cm³/mol. The van der Waals surface area contributed by atoms with Crippen LogP contribution in [0.1, 0.15) is 38.2 Å². The lowest BCUT2D eigenvalue weighted by Gasteiger charge is -2.42. The summed E-state index contributed by atoms with van der Waals surface area (Å²) in [4.78, 5) is 19.1. The van der Waals surface area contributed by atoms with Crippen molar-refractivity contribution in [2.75, 3.05) is 38.3 Å². The van der Waals surface area contributed by atoms with Gasteiger partial charge in [-0.05, 0) is 37.6 Å². The molecule has 5 aliphatic heterocycles. The number of terminal acetylenes is 1. The second-order valence-corrected chi connectivity index (χ2v) is 13.8. The summed E-state index contributed by atoms with van der Waals surface area (Å²) in [7, 11) is 1.73. The molecule has 2 aromatic heterocycles. The summed E-state index contributed by atoms with van der Waals surface area (Å²) in [6.45, 7) is 9.03. The molecule has 6 unspecified atom stereocenters. The summed E-state index contributed by atoms with van der Waals surface area (Å²) < 4.78 is 51.0. The predicted octanol–water partition coefficient (Wildman–Crippen LogP) is 4.99. The Labute approximate surface area is 277 Å². The molecule has 9 rings (SSSR count). The highest BCUT2D eigenvalue weighted by molar-refractivity contribution is 6.03. The number of fused-ring (bicyclic) bond motifs is 7. The summed E-state index contributed by atoms with van der Waals surface area (Å²) >= 11 is 0. The van der Waals surface area contributed by atoms with Crippen molar-refractivity contribution in [3.8, 4) is 35.5 Å². The highest BCUT2D eigenvalue weighted by atomic mass is 19.1. The third-order valence-electron chi connectivity index (χ3n) is 11.3. The average molecular weight is 651 g/mol. The Morgan fingerprint density at radius 1 is 1.15 bits per heavy atom. The number of aromatic nitrogens is 3. The molecule has 1 N–H and O–H groups in total. The second-order valence-electron chi connectivity index (χ2n) is 13.8. The normalized spacial score (nSPS) is 29.1. The van der Waals surface area contributed by atoms with Crippen molar-refractivity contribution in [2.45, 2.75) is 68.5 Å². The number of rotatable bonds is 5. The van der Waals surface area contributed by atoms with Crippen LogP contribution in [0.25, 0.3) is 32.9 Å². The summed E-state index contributed by atoms with van der Waals surface area (Å²) in [5, 5.41) is 5.20. The van der Waals surface area contributed by atoms with Gasteiger partial charge in [0.15, 0.2) is 5.82 Å². The van der Waals surface area contributed by atoms with Crippen LogP contribution in [0.2, 0.25) is 0 Å². The molecule has 0 amide bonds. The van der Waals surface area contributed by atoms with Crippen LogP contribution in [0.5, 0.6) is 11.9 Å². The largest absolute Gasteiger partial charge is 0.472 e. The topological polar surface area (TPSA) is 84.9 Å². The van der Waals surface area contributed by atoms with Gasteiger partial charge in [-0.25, -0.2) is 13.8 Å². The average Bonchev–Trinajstić information content (AvgIpc) is 3.73. The molecule has 0 aliphatic carbocycles. The van der Waals surface area contributed by atoms with Crippen molar-refractivity contribution in [1.82, 2.24) is 25.2 Å². The van der Waals surface area contributed by atoms with Gasteiger partial charge in [0.2, 0.25) is 5.88 Å². The molecule has 2 aromatic carbocycles. The van der Waals surface area contributed by atoms with Crippen molar-refractivity contribution in [2.24, 2.45) is 0 Å². The van der Waals surface area contributed by atoms with Crippen molar-refractivity contribution in [3.05, 3.63) is 59.7 Å². The SMILES string of the molecule is C#Cc1c(F)ccc2cccc(-c3nc4c5c(nc(OCC67CC(OC)CN6CCC7=C)nc5c3F)N3CC5CCC(N5)C3C(C)O4)c12. The van der Waals surface area contributed by atoms with Crippen LogP contribution in [0.4, 0.5) is 14.6 Å².